The van der Waals surface area contributed by atoms with Crippen molar-refractivity contribution in [2.24, 2.45) is 0 Å². The van der Waals surface area contributed by atoms with Crippen molar-refractivity contribution in [1.82, 2.24) is 9.97 Å². The fourth-order valence-electron chi connectivity index (χ4n) is 2.79. The third-order valence-electron chi connectivity index (χ3n) is 3.89. The Morgan fingerprint density at radius 1 is 1.10 bits per heavy atom. The minimum Gasteiger partial charge on any atom is -0.384 e. The summed E-state index contributed by atoms with van der Waals surface area (Å²) in [5.74, 6) is 1.88. The van der Waals surface area contributed by atoms with Gasteiger partial charge >= 0.3 is 0 Å². The first-order chi connectivity index (χ1) is 9.76. The van der Waals surface area contributed by atoms with Crippen molar-refractivity contribution < 1.29 is 0 Å². The predicted molar refractivity (Wildman–Crippen MR) is 84.9 cm³/mol. The molecule has 1 aliphatic carbocycles. The molecule has 3 nitrogen and oxygen atoms in total. The molecule has 0 radical (unpaired) electrons. The molecule has 0 amide bonds. The van der Waals surface area contributed by atoms with Gasteiger partial charge in [-0.15, -0.1) is 11.8 Å². The molecule has 0 saturated heterocycles. The van der Waals surface area contributed by atoms with E-state index in [0.717, 1.165) is 17.1 Å². The van der Waals surface area contributed by atoms with Crippen LogP contribution in [-0.4, -0.2) is 16.2 Å². The molecular formula is C16H19N3S. The number of aromatic nitrogens is 2. The van der Waals surface area contributed by atoms with Crippen LogP contribution in [-0.2, 0) is 0 Å². The Morgan fingerprint density at radius 2 is 1.80 bits per heavy atom. The van der Waals surface area contributed by atoms with E-state index in [1.165, 1.54) is 30.6 Å². The topological polar surface area (TPSA) is 51.8 Å². The highest BCUT2D eigenvalue weighted by atomic mass is 32.2. The minimum absolute atomic E-state index is 0.560. The van der Waals surface area contributed by atoms with E-state index in [1.807, 2.05) is 6.07 Å². The molecule has 1 saturated carbocycles. The zero-order valence-electron chi connectivity index (χ0n) is 11.7. The third kappa shape index (κ3) is 2.80. The van der Waals surface area contributed by atoms with Gasteiger partial charge in [-0.05, 0) is 31.2 Å². The monoisotopic (exact) mass is 285 g/mol. The maximum atomic E-state index is 5.97. The number of nitrogens with zero attached hydrogens (tertiary/aromatic N) is 2. The third-order valence-corrected chi connectivity index (χ3v) is 4.63. The van der Waals surface area contributed by atoms with E-state index in [2.05, 4.69) is 35.5 Å². The van der Waals surface area contributed by atoms with Crippen molar-refractivity contribution in [1.29, 1.82) is 0 Å². The molecule has 2 N–H and O–H groups in total. The van der Waals surface area contributed by atoms with Crippen molar-refractivity contribution in [2.45, 2.75) is 36.5 Å². The molecule has 0 aliphatic heterocycles. The SMILES string of the molecule is CSc1ccc(-c2nc(N)cc(C3CCCC3)n2)cc1. The van der Waals surface area contributed by atoms with Gasteiger partial charge in [-0.2, -0.15) is 0 Å². The summed E-state index contributed by atoms with van der Waals surface area (Å²) in [5, 5.41) is 0. The molecule has 104 valence electrons. The molecule has 0 bridgehead atoms. The largest absolute Gasteiger partial charge is 0.384 e. The van der Waals surface area contributed by atoms with Crippen molar-refractivity contribution >= 4 is 17.6 Å². The number of hydrogen-bond donors (Lipinski definition) is 1. The second-order valence-electron chi connectivity index (χ2n) is 5.25. The molecule has 3 rings (SSSR count). The van der Waals surface area contributed by atoms with Crippen LogP contribution in [0.3, 0.4) is 0 Å². The number of rotatable bonds is 3. The number of anilines is 1. The van der Waals surface area contributed by atoms with Gasteiger partial charge in [0.2, 0.25) is 0 Å². The summed E-state index contributed by atoms with van der Waals surface area (Å²) in [6.07, 6.45) is 7.12. The van der Waals surface area contributed by atoms with Gasteiger partial charge in [0.15, 0.2) is 5.82 Å². The highest BCUT2D eigenvalue weighted by Crippen LogP contribution is 2.34. The van der Waals surface area contributed by atoms with Crippen LogP contribution < -0.4 is 5.73 Å². The van der Waals surface area contributed by atoms with E-state index in [4.69, 9.17) is 10.7 Å². The summed E-state index contributed by atoms with van der Waals surface area (Å²) in [5.41, 5.74) is 8.11. The molecule has 1 fully saturated rings. The lowest BCUT2D eigenvalue weighted by molar-refractivity contribution is 0.696. The molecule has 1 heterocycles. The van der Waals surface area contributed by atoms with Crippen LogP contribution in [0.1, 0.15) is 37.3 Å². The second kappa shape index (κ2) is 5.83. The van der Waals surface area contributed by atoms with Gasteiger partial charge in [-0.25, -0.2) is 9.97 Å². The van der Waals surface area contributed by atoms with Crippen LogP contribution in [0.15, 0.2) is 35.2 Å². The Bertz CT molecular complexity index is 589. The van der Waals surface area contributed by atoms with E-state index >= 15 is 0 Å². The summed E-state index contributed by atoms with van der Waals surface area (Å²) < 4.78 is 0. The van der Waals surface area contributed by atoms with Gasteiger partial charge in [0.25, 0.3) is 0 Å². The van der Waals surface area contributed by atoms with Crippen LogP contribution in [0.2, 0.25) is 0 Å². The second-order valence-corrected chi connectivity index (χ2v) is 6.13. The van der Waals surface area contributed by atoms with Gasteiger partial charge in [-0.3, -0.25) is 0 Å². The van der Waals surface area contributed by atoms with Crippen LogP contribution in [0.4, 0.5) is 5.82 Å². The van der Waals surface area contributed by atoms with Crippen LogP contribution in [0, 0.1) is 0 Å². The lowest BCUT2D eigenvalue weighted by Gasteiger charge is -2.11. The summed E-state index contributed by atoms with van der Waals surface area (Å²) in [6, 6.07) is 10.3. The quantitative estimate of drug-likeness (QED) is 0.862. The average Bonchev–Trinajstić information content (AvgIpc) is 3.01. The van der Waals surface area contributed by atoms with E-state index < -0.39 is 0 Å². The molecular weight excluding hydrogens is 266 g/mol. The first-order valence-corrected chi connectivity index (χ1v) is 8.27. The fourth-order valence-corrected chi connectivity index (χ4v) is 3.19. The number of thioether (sulfide) groups is 1. The number of hydrogen-bond acceptors (Lipinski definition) is 4. The van der Waals surface area contributed by atoms with E-state index in [9.17, 15) is 0 Å². The summed E-state index contributed by atoms with van der Waals surface area (Å²) in [7, 11) is 0. The summed E-state index contributed by atoms with van der Waals surface area (Å²) in [4.78, 5) is 10.4. The van der Waals surface area contributed by atoms with Gasteiger partial charge in [-0.1, -0.05) is 25.0 Å². The lowest BCUT2D eigenvalue weighted by atomic mass is 10.0. The average molecular weight is 285 g/mol. The summed E-state index contributed by atoms with van der Waals surface area (Å²) >= 11 is 1.73. The van der Waals surface area contributed by atoms with Crippen LogP contribution in [0.5, 0.6) is 0 Å². The van der Waals surface area contributed by atoms with E-state index in [1.54, 1.807) is 11.8 Å². The van der Waals surface area contributed by atoms with Crippen LogP contribution >= 0.6 is 11.8 Å². The molecule has 0 atom stereocenters. The van der Waals surface area contributed by atoms with E-state index in [0.29, 0.717) is 11.7 Å². The molecule has 4 heteroatoms. The first kappa shape index (κ1) is 13.4. The minimum atomic E-state index is 0.560. The summed E-state index contributed by atoms with van der Waals surface area (Å²) in [6.45, 7) is 0. The highest BCUT2D eigenvalue weighted by molar-refractivity contribution is 7.98. The van der Waals surface area contributed by atoms with Gasteiger partial charge in [0.1, 0.15) is 5.82 Å². The normalized spacial score (nSPS) is 15.7. The number of benzene rings is 1. The Kier molecular flexibility index (Phi) is 3.92. The first-order valence-electron chi connectivity index (χ1n) is 7.05. The van der Waals surface area contributed by atoms with Crippen LogP contribution in [0.25, 0.3) is 11.4 Å². The number of nitrogens with two attached hydrogens (primary N) is 1. The smallest absolute Gasteiger partial charge is 0.161 e. The molecule has 1 aliphatic rings. The van der Waals surface area contributed by atoms with Gasteiger partial charge in [0.05, 0.1) is 0 Å². The number of nitrogen functional groups attached to an aromatic ring is 1. The molecule has 1 aromatic heterocycles. The zero-order valence-corrected chi connectivity index (χ0v) is 12.5. The van der Waals surface area contributed by atoms with Gasteiger partial charge < -0.3 is 5.73 Å². The molecule has 2 aromatic rings. The Labute approximate surface area is 124 Å². The Morgan fingerprint density at radius 3 is 2.45 bits per heavy atom. The fraction of sp³-hybridized carbons (Fsp3) is 0.375. The Hall–Kier alpha value is -1.55. The van der Waals surface area contributed by atoms with Crippen molar-refractivity contribution in [3.8, 4) is 11.4 Å². The Balaban J connectivity index is 1.95. The highest BCUT2D eigenvalue weighted by Gasteiger charge is 2.19. The van der Waals surface area contributed by atoms with Crippen molar-refractivity contribution in [3.05, 3.63) is 36.0 Å². The zero-order chi connectivity index (χ0) is 13.9. The van der Waals surface area contributed by atoms with E-state index in [-0.39, 0.29) is 0 Å². The predicted octanol–water partition coefficient (Wildman–Crippen LogP) is 4.11. The molecule has 0 unspecified atom stereocenters. The maximum Gasteiger partial charge on any atom is 0.161 e. The van der Waals surface area contributed by atoms with Crippen molar-refractivity contribution in [2.75, 3.05) is 12.0 Å². The van der Waals surface area contributed by atoms with Gasteiger partial charge in [0, 0.05) is 28.1 Å². The maximum absolute atomic E-state index is 5.97. The lowest BCUT2D eigenvalue weighted by Crippen LogP contribution is -2.03. The molecule has 20 heavy (non-hydrogen) atoms. The molecule has 1 aromatic carbocycles. The van der Waals surface area contributed by atoms with Crippen molar-refractivity contribution in [3.63, 3.8) is 0 Å². The standard InChI is InChI=1S/C16H19N3S/c1-20-13-8-6-12(7-9-13)16-18-14(10-15(17)19-16)11-4-2-3-5-11/h6-11H,2-5H2,1H3,(H2,17,18,19). The molecule has 0 spiro atoms.